The van der Waals surface area contributed by atoms with Gasteiger partial charge in [0, 0.05) is 24.9 Å². The molecule has 0 saturated heterocycles. The van der Waals surface area contributed by atoms with Crippen LogP contribution in [0, 0.1) is 0 Å². The molecule has 0 saturated carbocycles. The lowest BCUT2D eigenvalue weighted by atomic mass is 10.1. The number of amides is 1. The normalized spacial score (nSPS) is 10.7. The smallest absolute Gasteiger partial charge is 0.234 e. The molecule has 0 aliphatic carbocycles. The fraction of sp³-hybridized carbons (Fsp3) is 0.208. The summed E-state index contributed by atoms with van der Waals surface area (Å²) < 4.78 is 19.6. The summed E-state index contributed by atoms with van der Waals surface area (Å²) in [5.74, 6) is 2.66. The highest BCUT2D eigenvalue weighted by atomic mass is 32.2. The maximum atomic E-state index is 12.7. The van der Waals surface area contributed by atoms with Crippen molar-refractivity contribution in [1.82, 2.24) is 19.5 Å². The van der Waals surface area contributed by atoms with Crippen molar-refractivity contribution in [3.63, 3.8) is 0 Å². The van der Waals surface area contributed by atoms with E-state index in [-0.39, 0.29) is 11.7 Å². The predicted molar refractivity (Wildman–Crippen MR) is 130 cm³/mol. The highest BCUT2D eigenvalue weighted by molar-refractivity contribution is 7.99. The molecule has 0 atom stereocenters. The van der Waals surface area contributed by atoms with E-state index in [9.17, 15) is 4.79 Å². The van der Waals surface area contributed by atoms with Gasteiger partial charge in [-0.05, 0) is 42.0 Å². The average molecular weight is 480 g/mol. The van der Waals surface area contributed by atoms with Crippen molar-refractivity contribution in [2.75, 3.05) is 32.4 Å². The van der Waals surface area contributed by atoms with Crippen LogP contribution in [0.15, 0.2) is 72.1 Å². The van der Waals surface area contributed by atoms with E-state index >= 15 is 0 Å². The van der Waals surface area contributed by atoms with Gasteiger partial charge in [0.25, 0.3) is 0 Å². The fourth-order valence-electron chi connectivity index (χ4n) is 3.34. The summed E-state index contributed by atoms with van der Waals surface area (Å²) in [6.07, 6.45) is 4.39. The topological polar surface area (TPSA) is 92.4 Å². The Morgan fingerprint density at radius 1 is 0.941 bits per heavy atom. The van der Waals surface area contributed by atoms with E-state index in [4.69, 9.17) is 14.2 Å². The third-order valence-corrected chi connectivity index (χ3v) is 5.95. The summed E-state index contributed by atoms with van der Waals surface area (Å²) in [6.45, 7) is 0. The minimum absolute atomic E-state index is 0.141. The summed E-state index contributed by atoms with van der Waals surface area (Å²) in [6, 6.07) is 16.9. The summed E-state index contributed by atoms with van der Waals surface area (Å²) in [5, 5.41) is 12.2. The molecule has 0 fully saturated rings. The maximum Gasteiger partial charge on any atom is 0.234 e. The highest BCUT2D eigenvalue weighted by Gasteiger charge is 2.17. The van der Waals surface area contributed by atoms with Crippen molar-refractivity contribution in [3.8, 4) is 17.2 Å². The Balaban J connectivity index is 1.50. The molecule has 176 valence electrons. The minimum atomic E-state index is -0.199. The van der Waals surface area contributed by atoms with Crippen LogP contribution in [0.25, 0.3) is 0 Å². The molecule has 1 N–H and O–H groups in total. The Morgan fingerprint density at radius 2 is 1.65 bits per heavy atom. The first kappa shape index (κ1) is 23.2. The van der Waals surface area contributed by atoms with E-state index in [2.05, 4.69) is 15.5 Å². The molecule has 9 nitrogen and oxygen atoms in total. The number of benzene rings is 2. The number of rotatable bonds is 10. The molecule has 2 heterocycles. The number of nitrogens with one attached hydrogen (secondary N) is 1. The maximum absolute atomic E-state index is 12.7. The number of anilines is 1. The van der Waals surface area contributed by atoms with Gasteiger partial charge in [-0.15, -0.1) is 10.2 Å². The van der Waals surface area contributed by atoms with Crippen molar-refractivity contribution in [1.29, 1.82) is 0 Å². The Labute approximate surface area is 201 Å². The molecule has 0 spiro atoms. The lowest BCUT2D eigenvalue weighted by molar-refractivity contribution is -0.113. The number of hydrogen-bond acceptors (Lipinski definition) is 7. The van der Waals surface area contributed by atoms with Crippen molar-refractivity contribution in [3.05, 3.63) is 78.4 Å². The quantitative estimate of drug-likeness (QED) is 0.347. The van der Waals surface area contributed by atoms with Crippen LogP contribution in [0.4, 0.5) is 5.69 Å². The first-order valence-corrected chi connectivity index (χ1v) is 11.5. The summed E-state index contributed by atoms with van der Waals surface area (Å²) in [7, 11) is 4.76. The van der Waals surface area contributed by atoms with E-state index < -0.39 is 0 Å². The molecular weight excluding hydrogens is 454 g/mol. The number of hydrogen-bond donors (Lipinski definition) is 1. The molecule has 4 aromatic rings. The zero-order chi connectivity index (χ0) is 23.9. The van der Waals surface area contributed by atoms with Gasteiger partial charge in [-0.25, -0.2) is 4.68 Å². The minimum Gasteiger partial charge on any atom is -0.497 e. The summed E-state index contributed by atoms with van der Waals surface area (Å²) in [4.78, 5) is 12.7. The lowest BCUT2D eigenvalue weighted by Crippen LogP contribution is -2.17. The summed E-state index contributed by atoms with van der Waals surface area (Å²) in [5.41, 5.74) is 1.61. The van der Waals surface area contributed by atoms with Gasteiger partial charge in [0.1, 0.15) is 17.2 Å². The van der Waals surface area contributed by atoms with Gasteiger partial charge in [-0.1, -0.05) is 23.9 Å². The van der Waals surface area contributed by atoms with Crippen LogP contribution >= 0.6 is 11.8 Å². The average Bonchev–Trinajstić information content (AvgIpc) is 3.53. The SMILES string of the molecule is COc1ccc(Cc2nnc(SCC(=O)Nc3cc(OC)ccc3OC)n2-n2cccc2)cc1. The van der Waals surface area contributed by atoms with Crippen molar-refractivity contribution in [2.24, 2.45) is 0 Å². The first-order chi connectivity index (χ1) is 16.6. The van der Waals surface area contributed by atoms with Crippen LogP contribution in [0.1, 0.15) is 11.4 Å². The zero-order valence-electron chi connectivity index (χ0n) is 19.1. The van der Waals surface area contributed by atoms with Crippen LogP contribution in [-0.2, 0) is 11.2 Å². The molecule has 4 rings (SSSR count). The fourth-order valence-corrected chi connectivity index (χ4v) is 4.09. The van der Waals surface area contributed by atoms with Gasteiger partial charge in [0.05, 0.1) is 32.8 Å². The van der Waals surface area contributed by atoms with Crippen LogP contribution in [-0.4, -0.2) is 52.5 Å². The largest absolute Gasteiger partial charge is 0.497 e. The second kappa shape index (κ2) is 10.8. The lowest BCUT2D eigenvalue weighted by Gasteiger charge is -2.13. The molecule has 0 bridgehead atoms. The van der Waals surface area contributed by atoms with Crippen LogP contribution in [0.2, 0.25) is 0 Å². The Kier molecular flexibility index (Phi) is 7.38. The second-order valence-corrected chi connectivity index (χ2v) is 8.14. The number of thioether (sulfide) groups is 1. The van der Waals surface area contributed by atoms with E-state index in [1.54, 1.807) is 39.5 Å². The molecule has 2 aromatic carbocycles. The van der Waals surface area contributed by atoms with Crippen LogP contribution in [0.3, 0.4) is 0 Å². The number of aromatic nitrogens is 4. The van der Waals surface area contributed by atoms with Gasteiger partial charge in [0.15, 0.2) is 5.82 Å². The number of ether oxygens (including phenoxy) is 3. The molecule has 34 heavy (non-hydrogen) atoms. The predicted octanol–water partition coefficient (Wildman–Crippen LogP) is 3.74. The van der Waals surface area contributed by atoms with Gasteiger partial charge < -0.3 is 19.5 Å². The molecule has 0 aliphatic heterocycles. The molecule has 1 amide bonds. The molecule has 0 unspecified atom stereocenters. The molecule has 0 aliphatic rings. The van der Waals surface area contributed by atoms with Gasteiger partial charge in [-0.3, -0.25) is 9.47 Å². The molecule has 2 aromatic heterocycles. The number of nitrogens with zero attached hydrogens (tertiary/aromatic N) is 4. The van der Waals surface area contributed by atoms with Gasteiger partial charge in [0.2, 0.25) is 11.1 Å². The Morgan fingerprint density at radius 3 is 2.32 bits per heavy atom. The molecule has 10 heteroatoms. The third-order valence-electron chi connectivity index (χ3n) is 5.03. The van der Waals surface area contributed by atoms with Gasteiger partial charge >= 0.3 is 0 Å². The second-order valence-electron chi connectivity index (χ2n) is 7.20. The number of carbonyl (C=O) groups excluding carboxylic acids is 1. The van der Waals surface area contributed by atoms with Crippen LogP contribution < -0.4 is 19.5 Å². The van der Waals surface area contributed by atoms with Crippen LogP contribution in [0.5, 0.6) is 17.2 Å². The highest BCUT2D eigenvalue weighted by Crippen LogP contribution is 2.29. The molecular formula is C24H25N5O4S. The van der Waals surface area contributed by atoms with Gasteiger partial charge in [-0.2, -0.15) is 0 Å². The first-order valence-electron chi connectivity index (χ1n) is 10.5. The standard InChI is InChI=1S/C24H25N5O4S/c1-31-18-8-6-17(7-9-18)14-22-26-27-24(29(22)28-12-4-5-13-28)34-16-23(30)25-20-15-19(32-2)10-11-21(20)33-3/h4-13,15H,14,16H2,1-3H3,(H,25,30). The number of methoxy groups -OCH3 is 3. The zero-order valence-corrected chi connectivity index (χ0v) is 19.9. The monoisotopic (exact) mass is 479 g/mol. The number of carbonyl (C=O) groups is 1. The van der Waals surface area contributed by atoms with E-state index in [1.165, 1.54) is 11.8 Å². The molecule has 0 radical (unpaired) electrons. The third kappa shape index (κ3) is 5.34. The van der Waals surface area contributed by atoms with Crippen molar-refractivity contribution >= 4 is 23.4 Å². The van der Waals surface area contributed by atoms with Crippen molar-refractivity contribution < 1.29 is 19.0 Å². The van der Waals surface area contributed by atoms with Crippen molar-refractivity contribution in [2.45, 2.75) is 11.6 Å². The summed E-state index contributed by atoms with van der Waals surface area (Å²) >= 11 is 1.30. The Hall–Kier alpha value is -3.92. The van der Waals surface area contributed by atoms with E-state index in [0.717, 1.165) is 17.1 Å². The Bertz CT molecular complexity index is 1240. The van der Waals surface area contributed by atoms with E-state index in [1.807, 2.05) is 58.1 Å². The van der Waals surface area contributed by atoms with E-state index in [0.29, 0.717) is 28.8 Å².